The fourth-order valence-corrected chi connectivity index (χ4v) is 3.50. The average Bonchev–Trinajstić information content (AvgIpc) is 2.69. The molecule has 0 aromatic heterocycles. The van der Waals surface area contributed by atoms with Gasteiger partial charge in [-0.15, -0.1) is 0 Å². The topological polar surface area (TPSA) is 56.0 Å². The first-order valence-corrected chi connectivity index (χ1v) is 6.64. The number of hydrogen-bond donors (Lipinski definition) is 2. The Morgan fingerprint density at radius 1 is 1.33 bits per heavy atom. The Bertz CT molecular complexity index is 480. The number of nitriles is 1. The van der Waals surface area contributed by atoms with Crippen LogP contribution in [-0.4, -0.2) is 22.8 Å². The van der Waals surface area contributed by atoms with Gasteiger partial charge in [-0.1, -0.05) is 12.1 Å². The molecule has 2 bridgehead atoms. The molecule has 2 atom stereocenters. The van der Waals surface area contributed by atoms with E-state index in [1.807, 2.05) is 18.2 Å². The Hall–Kier alpha value is -1.37. The zero-order chi connectivity index (χ0) is 12.6. The first kappa shape index (κ1) is 11.7. The molecule has 0 spiro atoms. The fourth-order valence-electron chi connectivity index (χ4n) is 3.50. The van der Waals surface area contributed by atoms with Crippen molar-refractivity contribution in [2.45, 2.75) is 49.8 Å². The fraction of sp³-hybridized carbons (Fsp3) is 0.533. The number of aliphatic hydroxyl groups is 1. The van der Waals surface area contributed by atoms with E-state index in [1.165, 1.54) is 12.8 Å². The molecule has 3 nitrogen and oxygen atoms in total. The summed E-state index contributed by atoms with van der Waals surface area (Å²) in [5, 5.41) is 23.2. The summed E-state index contributed by atoms with van der Waals surface area (Å²) in [6, 6.07) is 10.7. The summed E-state index contributed by atoms with van der Waals surface area (Å²) in [4.78, 5) is 0. The Balaban J connectivity index is 1.77. The van der Waals surface area contributed by atoms with Crippen molar-refractivity contribution in [2.24, 2.45) is 0 Å². The van der Waals surface area contributed by atoms with E-state index in [4.69, 9.17) is 5.26 Å². The summed E-state index contributed by atoms with van der Waals surface area (Å²) in [5.41, 5.74) is 1.15. The van der Waals surface area contributed by atoms with Gasteiger partial charge < -0.3 is 10.4 Å². The summed E-state index contributed by atoms with van der Waals surface area (Å²) in [6.45, 7) is 0. The van der Waals surface area contributed by atoms with Crippen LogP contribution in [0.2, 0.25) is 0 Å². The zero-order valence-electron chi connectivity index (χ0n) is 10.4. The molecule has 2 aliphatic heterocycles. The van der Waals surface area contributed by atoms with Crippen LogP contribution in [0.4, 0.5) is 0 Å². The maximum atomic E-state index is 10.7. The van der Waals surface area contributed by atoms with E-state index >= 15 is 0 Å². The zero-order valence-corrected chi connectivity index (χ0v) is 10.4. The number of nitrogens with one attached hydrogen (secondary N) is 1. The highest BCUT2D eigenvalue weighted by Crippen LogP contribution is 2.36. The molecule has 18 heavy (non-hydrogen) atoms. The van der Waals surface area contributed by atoms with Crippen LogP contribution >= 0.6 is 0 Å². The highest BCUT2D eigenvalue weighted by Gasteiger charge is 2.42. The Labute approximate surface area is 107 Å². The van der Waals surface area contributed by atoms with E-state index in [0.717, 1.165) is 18.4 Å². The minimum Gasteiger partial charge on any atom is -0.389 e. The molecule has 0 radical (unpaired) electrons. The van der Waals surface area contributed by atoms with E-state index in [1.54, 1.807) is 6.07 Å². The molecule has 0 amide bonds. The smallest absolute Gasteiger partial charge is 0.0991 e. The van der Waals surface area contributed by atoms with Gasteiger partial charge in [0.2, 0.25) is 0 Å². The van der Waals surface area contributed by atoms with Crippen molar-refractivity contribution < 1.29 is 5.11 Å². The van der Waals surface area contributed by atoms with Gasteiger partial charge in [-0.05, 0) is 43.4 Å². The number of piperidine rings is 1. The molecule has 2 heterocycles. The molecule has 2 N–H and O–H groups in total. The number of fused-ring (bicyclic) bond motifs is 2. The maximum Gasteiger partial charge on any atom is 0.0991 e. The minimum absolute atomic E-state index is 0.480. The first-order valence-electron chi connectivity index (χ1n) is 6.64. The lowest BCUT2D eigenvalue weighted by Crippen LogP contribution is -2.49. The van der Waals surface area contributed by atoms with Crippen LogP contribution in [0.15, 0.2) is 24.3 Å². The first-order chi connectivity index (χ1) is 8.67. The summed E-state index contributed by atoms with van der Waals surface area (Å²) in [5.74, 6) is 0. The van der Waals surface area contributed by atoms with Crippen molar-refractivity contribution in [3.05, 3.63) is 35.4 Å². The predicted octanol–water partition coefficient (Wildman–Crippen LogP) is 1.75. The van der Waals surface area contributed by atoms with E-state index in [2.05, 4.69) is 11.4 Å². The molecule has 2 unspecified atom stereocenters. The lowest BCUT2D eigenvalue weighted by Gasteiger charge is -2.37. The van der Waals surface area contributed by atoms with Gasteiger partial charge in [0.25, 0.3) is 0 Å². The third kappa shape index (κ3) is 2.27. The molecule has 2 aliphatic rings. The molecule has 0 aliphatic carbocycles. The Morgan fingerprint density at radius 3 is 2.72 bits per heavy atom. The van der Waals surface area contributed by atoms with Crippen molar-refractivity contribution in [3.63, 3.8) is 0 Å². The SMILES string of the molecule is N#Cc1cccc(CC2(O)CC3CCC(C2)N3)c1. The second-order valence-corrected chi connectivity index (χ2v) is 5.76. The van der Waals surface area contributed by atoms with Crippen LogP contribution in [0.1, 0.15) is 36.8 Å². The molecular weight excluding hydrogens is 224 g/mol. The molecular formula is C15H18N2O. The molecule has 1 aromatic rings. The molecule has 2 saturated heterocycles. The number of hydrogen-bond acceptors (Lipinski definition) is 3. The van der Waals surface area contributed by atoms with E-state index in [9.17, 15) is 5.11 Å². The van der Waals surface area contributed by atoms with Crippen molar-refractivity contribution >= 4 is 0 Å². The average molecular weight is 242 g/mol. The van der Waals surface area contributed by atoms with Gasteiger partial charge in [-0.3, -0.25) is 0 Å². The molecule has 94 valence electrons. The van der Waals surface area contributed by atoms with Crippen LogP contribution in [0.5, 0.6) is 0 Å². The molecule has 3 heteroatoms. The third-order valence-electron chi connectivity index (χ3n) is 4.18. The van der Waals surface area contributed by atoms with E-state index in [0.29, 0.717) is 24.1 Å². The van der Waals surface area contributed by atoms with Crippen molar-refractivity contribution in [2.75, 3.05) is 0 Å². The lowest BCUT2D eigenvalue weighted by atomic mass is 9.82. The highest BCUT2D eigenvalue weighted by atomic mass is 16.3. The molecule has 0 saturated carbocycles. The van der Waals surface area contributed by atoms with Crippen molar-refractivity contribution in [3.8, 4) is 6.07 Å². The van der Waals surface area contributed by atoms with Gasteiger partial charge in [-0.25, -0.2) is 0 Å². The summed E-state index contributed by atoms with van der Waals surface area (Å²) in [7, 11) is 0. The van der Waals surface area contributed by atoms with Gasteiger partial charge in [0.1, 0.15) is 0 Å². The van der Waals surface area contributed by atoms with Gasteiger partial charge in [-0.2, -0.15) is 5.26 Å². The highest BCUT2D eigenvalue weighted by molar-refractivity contribution is 5.33. The monoisotopic (exact) mass is 242 g/mol. The van der Waals surface area contributed by atoms with Crippen LogP contribution in [-0.2, 0) is 6.42 Å². The van der Waals surface area contributed by atoms with Gasteiger partial charge in [0.15, 0.2) is 0 Å². The summed E-state index contributed by atoms with van der Waals surface area (Å²) < 4.78 is 0. The number of rotatable bonds is 2. The quantitative estimate of drug-likeness (QED) is 0.830. The van der Waals surface area contributed by atoms with Gasteiger partial charge in [0.05, 0.1) is 17.2 Å². The Kier molecular flexibility index (Phi) is 2.85. The van der Waals surface area contributed by atoms with Crippen LogP contribution in [0, 0.1) is 11.3 Å². The second-order valence-electron chi connectivity index (χ2n) is 5.76. The number of benzene rings is 1. The van der Waals surface area contributed by atoms with Crippen LogP contribution < -0.4 is 5.32 Å². The summed E-state index contributed by atoms with van der Waals surface area (Å²) in [6.07, 6.45) is 4.70. The minimum atomic E-state index is -0.592. The van der Waals surface area contributed by atoms with E-state index < -0.39 is 5.60 Å². The lowest BCUT2D eigenvalue weighted by molar-refractivity contribution is -0.00608. The molecule has 2 fully saturated rings. The predicted molar refractivity (Wildman–Crippen MR) is 69.0 cm³/mol. The maximum absolute atomic E-state index is 10.7. The third-order valence-corrected chi connectivity index (χ3v) is 4.18. The van der Waals surface area contributed by atoms with Gasteiger partial charge >= 0.3 is 0 Å². The summed E-state index contributed by atoms with van der Waals surface area (Å²) >= 11 is 0. The van der Waals surface area contributed by atoms with E-state index in [-0.39, 0.29) is 0 Å². The molecule has 3 rings (SSSR count). The van der Waals surface area contributed by atoms with Crippen molar-refractivity contribution in [1.82, 2.24) is 5.32 Å². The van der Waals surface area contributed by atoms with Gasteiger partial charge in [0, 0.05) is 18.5 Å². The Morgan fingerprint density at radius 2 is 2.06 bits per heavy atom. The largest absolute Gasteiger partial charge is 0.389 e. The molecule has 1 aromatic carbocycles. The second kappa shape index (κ2) is 4.38. The van der Waals surface area contributed by atoms with Crippen LogP contribution in [0.3, 0.4) is 0 Å². The standard InChI is InChI=1S/C15H18N2O/c16-10-12-3-1-2-11(6-12)7-15(18)8-13-4-5-14(9-15)17-13/h1-3,6,13-14,17-18H,4-5,7-9H2. The normalized spacial score (nSPS) is 34.2. The van der Waals surface area contributed by atoms with Crippen LogP contribution in [0.25, 0.3) is 0 Å². The number of nitrogens with zero attached hydrogens (tertiary/aromatic N) is 1. The van der Waals surface area contributed by atoms with Crippen molar-refractivity contribution in [1.29, 1.82) is 5.26 Å².